The topological polar surface area (TPSA) is 52.5 Å². The quantitative estimate of drug-likeness (QED) is 0.632. The highest BCUT2D eigenvalue weighted by Crippen LogP contribution is 2.18. The number of nitrogens with one attached hydrogen (secondary N) is 1. The summed E-state index contributed by atoms with van der Waals surface area (Å²) >= 11 is 0. The van der Waals surface area contributed by atoms with Crippen molar-refractivity contribution in [1.29, 1.82) is 0 Å². The molecular formula is C9H17F2NO2. The van der Waals surface area contributed by atoms with Crippen LogP contribution in [0.4, 0.5) is 8.78 Å². The van der Waals surface area contributed by atoms with Crippen LogP contribution >= 0.6 is 0 Å². The van der Waals surface area contributed by atoms with Gasteiger partial charge in [0.2, 0.25) is 0 Å². The first-order valence-corrected chi connectivity index (χ1v) is 4.99. The van der Waals surface area contributed by atoms with Crippen LogP contribution in [-0.2, 0) is 0 Å². The van der Waals surface area contributed by atoms with Crippen molar-refractivity contribution >= 4 is 0 Å². The van der Waals surface area contributed by atoms with Gasteiger partial charge < -0.3 is 15.5 Å². The van der Waals surface area contributed by atoms with Gasteiger partial charge in [0.15, 0.2) is 0 Å². The van der Waals surface area contributed by atoms with Crippen LogP contribution in [0.25, 0.3) is 0 Å². The normalized spacial score (nSPS) is 30.6. The van der Waals surface area contributed by atoms with Gasteiger partial charge >= 0.3 is 0 Å². The Balaban J connectivity index is 2.22. The molecule has 0 bridgehead atoms. The zero-order chi connectivity index (χ0) is 10.6. The molecule has 0 heterocycles. The van der Waals surface area contributed by atoms with Gasteiger partial charge in [0.05, 0.1) is 6.10 Å². The Morgan fingerprint density at radius 3 is 2.50 bits per heavy atom. The van der Waals surface area contributed by atoms with Gasteiger partial charge in [-0.2, -0.15) is 0 Å². The van der Waals surface area contributed by atoms with E-state index < -0.39 is 18.6 Å². The largest absolute Gasteiger partial charge is 0.392 e. The average Bonchev–Trinajstić information content (AvgIpc) is 2.16. The number of aliphatic hydroxyl groups is 2. The molecular weight excluding hydrogens is 192 g/mol. The minimum atomic E-state index is -2.72. The van der Waals surface area contributed by atoms with Gasteiger partial charge in [-0.25, -0.2) is 8.78 Å². The standard InChI is InChI=1S/C9H17F2NO2/c10-9(11)8(14)5-12-6-3-1-2-4-7(6)13/h6-9,12-14H,1-5H2. The van der Waals surface area contributed by atoms with E-state index in [-0.39, 0.29) is 12.6 Å². The van der Waals surface area contributed by atoms with Crippen molar-refractivity contribution in [1.82, 2.24) is 5.32 Å². The Bertz CT molecular complexity index is 169. The lowest BCUT2D eigenvalue weighted by molar-refractivity contribution is -0.00972. The summed E-state index contributed by atoms with van der Waals surface area (Å²) in [7, 11) is 0. The van der Waals surface area contributed by atoms with E-state index in [9.17, 15) is 13.9 Å². The maximum absolute atomic E-state index is 11.9. The van der Waals surface area contributed by atoms with E-state index in [0.29, 0.717) is 6.42 Å². The highest BCUT2D eigenvalue weighted by molar-refractivity contribution is 4.81. The molecule has 0 aromatic heterocycles. The van der Waals surface area contributed by atoms with Crippen LogP contribution in [0.1, 0.15) is 25.7 Å². The Morgan fingerprint density at radius 1 is 1.29 bits per heavy atom. The highest BCUT2D eigenvalue weighted by atomic mass is 19.3. The molecule has 0 aliphatic heterocycles. The molecule has 0 aromatic rings. The number of aliphatic hydroxyl groups excluding tert-OH is 2. The lowest BCUT2D eigenvalue weighted by Crippen LogP contribution is -2.46. The highest BCUT2D eigenvalue weighted by Gasteiger charge is 2.24. The first-order chi connectivity index (χ1) is 6.61. The third kappa shape index (κ3) is 3.48. The molecule has 1 fully saturated rings. The molecule has 3 nitrogen and oxygen atoms in total. The SMILES string of the molecule is OC(CNC1CCCCC1O)C(F)F. The van der Waals surface area contributed by atoms with E-state index in [4.69, 9.17) is 5.11 Å². The molecule has 1 aliphatic rings. The number of rotatable bonds is 4. The first-order valence-electron chi connectivity index (χ1n) is 4.99. The molecule has 14 heavy (non-hydrogen) atoms. The van der Waals surface area contributed by atoms with E-state index in [1.54, 1.807) is 0 Å². The van der Waals surface area contributed by atoms with Gasteiger partial charge in [0.1, 0.15) is 6.10 Å². The summed E-state index contributed by atoms with van der Waals surface area (Å²) in [6.07, 6.45) is -1.34. The van der Waals surface area contributed by atoms with Crippen molar-refractivity contribution in [2.75, 3.05) is 6.54 Å². The second kappa shape index (κ2) is 5.58. The number of hydrogen-bond donors (Lipinski definition) is 3. The maximum atomic E-state index is 11.9. The molecule has 1 aliphatic carbocycles. The zero-order valence-corrected chi connectivity index (χ0v) is 8.00. The van der Waals surface area contributed by atoms with Crippen LogP contribution < -0.4 is 5.32 Å². The van der Waals surface area contributed by atoms with Gasteiger partial charge in [0.25, 0.3) is 6.43 Å². The molecule has 3 atom stereocenters. The Morgan fingerprint density at radius 2 is 1.93 bits per heavy atom. The van der Waals surface area contributed by atoms with E-state index in [0.717, 1.165) is 19.3 Å². The summed E-state index contributed by atoms with van der Waals surface area (Å²) in [6, 6.07) is -0.142. The van der Waals surface area contributed by atoms with Crippen molar-refractivity contribution < 1.29 is 19.0 Å². The number of hydrogen-bond acceptors (Lipinski definition) is 3. The maximum Gasteiger partial charge on any atom is 0.265 e. The molecule has 0 aromatic carbocycles. The van der Waals surface area contributed by atoms with Crippen LogP contribution in [0.15, 0.2) is 0 Å². The van der Waals surface area contributed by atoms with Crippen LogP contribution in [0.2, 0.25) is 0 Å². The molecule has 1 rings (SSSR count). The van der Waals surface area contributed by atoms with Gasteiger partial charge in [-0.05, 0) is 12.8 Å². The van der Waals surface area contributed by atoms with Crippen molar-refractivity contribution in [3.8, 4) is 0 Å². The lowest BCUT2D eigenvalue weighted by atomic mass is 9.92. The van der Waals surface area contributed by atoms with E-state index in [1.807, 2.05) is 0 Å². The van der Waals surface area contributed by atoms with Crippen molar-refractivity contribution in [2.24, 2.45) is 0 Å². The van der Waals surface area contributed by atoms with E-state index in [1.165, 1.54) is 0 Å². The van der Waals surface area contributed by atoms with Gasteiger partial charge in [-0.3, -0.25) is 0 Å². The minimum absolute atomic E-state index is 0.142. The predicted octanol–water partition coefficient (Wildman–Crippen LogP) is 0.505. The molecule has 0 amide bonds. The minimum Gasteiger partial charge on any atom is -0.392 e. The molecule has 3 N–H and O–H groups in total. The predicted molar refractivity (Wildman–Crippen MR) is 48.3 cm³/mol. The fourth-order valence-corrected chi connectivity index (χ4v) is 1.71. The Hall–Kier alpha value is -0.260. The van der Waals surface area contributed by atoms with Gasteiger partial charge in [0, 0.05) is 12.6 Å². The van der Waals surface area contributed by atoms with E-state index >= 15 is 0 Å². The summed E-state index contributed by atoms with van der Waals surface area (Å²) in [5.41, 5.74) is 0. The lowest BCUT2D eigenvalue weighted by Gasteiger charge is -2.29. The number of halogens is 2. The third-order valence-electron chi connectivity index (χ3n) is 2.61. The zero-order valence-electron chi connectivity index (χ0n) is 8.00. The summed E-state index contributed by atoms with van der Waals surface area (Å²) in [5.74, 6) is 0. The second-order valence-electron chi connectivity index (χ2n) is 3.77. The Kier molecular flexibility index (Phi) is 4.71. The molecule has 3 unspecified atom stereocenters. The fraction of sp³-hybridized carbons (Fsp3) is 1.00. The molecule has 84 valence electrons. The van der Waals surface area contributed by atoms with Gasteiger partial charge in [-0.1, -0.05) is 12.8 Å². The molecule has 0 radical (unpaired) electrons. The fourth-order valence-electron chi connectivity index (χ4n) is 1.71. The van der Waals surface area contributed by atoms with Crippen LogP contribution in [0.3, 0.4) is 0 Å². The smallest absolute Gasteiger partial charge is 0.265 e. The van der Waals surface area contributed by atoms with Crippen LogP contribution in [-0.4, -0.2) is 41.4 Å². The van der Waals surface area contributed by atoms with Crippen LogP contribution in [0.5, 0.6) is 0 Å². The van der Waals surface area contributed by atoms with E-state index in [2.05, 4.69) is 5.32 Å². The number of alkyl halides is 2. The molecule has 5 heteroatoms. The first kappa shape index (κ1) is 11.8. The third-order valence-corrected chi connectivity index (χ3v) is 2.61. The van der Waals surface area contributed by atoms with Crippen molar-refractivity contribution in [2.45, 2.75) is 50.4 Å². The molecule has 0 spiro atoms. The second-order valence-corrected chi connectivity index (χ2v) is 3.77. The summed E-state index contributed by atoms with van der Waals surface area (Å²) in [5, 5.41) is 21.1. The summed E-state index contributed by atoms with van der Waals surface area (Å²) < 4.78 is 23.9. The van der Waals surface area contributed by atoms with Crippen LogP contribution in [0, 0.1) is 0 Å². The molecule has 0 saturated heterocycles. The monoisotopic (exact) mass is 209 g/mol. The summed E-state index contributed by atoms with van der Waals surface area (Å²) in [4.78, 5) is 0. The average molecular weight is 209 g/mol. The van der Waals surface area contributed by atoms with Crippen molar-refractivity contribution in [3.05, 3.63) is 0 Å². The molecule has 1 saturated carbocycles. The van der Waals surface area contributed by atoms with Gasteiger partial charge in [-0.15, -0.1) is 0 Å². The summed E-state index contributed by atoms with van der Waals surface area (Å²) in [6.45, 7) is -0.153. The van der Waals surface area contributed by atoms with Crippen molar-refractivity contribution in [3.63, 3.8) is 0 Å². The Labute approximate surface area is 82.1 Å².